The fourth-order valence-electron chi connectivity index (χ4n) is 2.53. The summed E-state index contributed by atoms with van der Waals surface area (Å²) in [7, 11) is 0. The maximum Gasteiger partial charge on any atom is 0.293 e. The van der Waals surface area contributed by atoms with Crippen molar-refractivity contribution in [1.82, 2.24) is 4.90 Å². The Kier molecular flexibility index (Phi) is 5.56. The molecule has 0 aromatic heterocycles. The van der Waals surface area contributed by atoms with E-state index in [1.807, 2.05) is 18.2 Å². The van der Waals surface area contributed by atoms with Gasteiger partial charge >= 0.3 is 0 Å². The van der Waals surface area contributed by atoms with Crippen LogP contribution in [0.15, 0.2) is 53.4 Å². The van der Waals surface area contributed by atoms with E-state index in [0.29, 0.717) is 16.9 Å². The molecule has 0 aliphatic carbocycles. The van der Waals surface area contributed by atoms with Crippen LogP contribution in [0.3, 0.4) is 0 Å². The van der Waals surface area contributed by atoms with Crippen molar-refractivity contribution >= 4 is 34.7 Å². The van der Waals surface area contributed by atoms with E-state index in [0.717, 1.165) is 16.7 Å². The number of hydrogen-bond acceptors (Lipinski definition) is 6. The standard InChI is InChI=1S/C19H16N2O5S/c1-13-7-8-14(11-16(13)21(24)25)12-17-18(22)20(19(23)27-17)9-10-26-15-5-3-2-4-6-15/h2-8,11-12H,9-10H2,1H3/b17-12-. The van der Waals surface area contributed by atoms with Gasteiger partial charge in [0.25, 0.3) is 16.8 Å². The lowest BCUT2D eigenvalue weighted by atomic mass is 10.1. The van der Waals surface area contributed by atoms with E-state index in [1.165, 1.54) is 12.1 Å². The van der Waals surface area contributed by atoms with Gasteiger partial charge in [-0.3, -0.25) is 24.6 Å². The van der Waals surface area contributed by atoms with Crippen molar-refractivity contribution in [3.63, 3.8) is 0 Å². The van der Waals surface area contributed by atoms with Crippen molar-refractivity contribution in [1.29, 1.82) is 0 Å². The minimum atomic E-state index is -0.473. The molecule has 1 heterocycles. The predicted octanol–water partition coefficient (Wildman–Crippen LogP) is 4.02. The van der Waals surface area contributed by atoms with Crippen LogP contribution in [0, 0.1) is 17.0 Å². The molecule has 0 radical (unpaired) electrons. The third kappa shape index (κ3) is 4.35. The number of carbonyl (C=O) groups excluding carboxylic acids is 2. The van der Waals surface area contributed by atoms with Gasteiger partial charge in [-0.1, -0.05) is 30.3 Å². The number of para-hydroxylation sites is 1. The highest BCUT2D eigenvalue weighted by atomic mass is 32.2. The molecule has 1 aliphatic heterocycles. The maximum atomic E-state index is 12.5. The zero-order valence-corrected chi connectivity index (χ0v) is 15.3. The van der Waals surface area contributed by atoms with Crippen LogP contribution in [0.25, 0.3) is 6.08 Å². The fraction of sp³-hybridized carbons (Fsp3) is 0.158. The summed E-state index contributed by atoms with van der Waals surface area (Å²) in [5.41, 5.74) is 1.00. The van der Waals surface area contributed by atoms with E-state index in [-0.39, 0.29) is 29.0 Å². The number of aryl methyl sites for hydroxylation is 1. The number of hydrogen-bond donors (Lipinski definition) is 0. The van der Waals surface area contributed by atoms with Gasteiger partial charge in [0.05, 0.1) is 16.4 Å². The Morgan fingerprint density at radius 3 is 2.63 bits per heavy atom. The van der Waals surface area contributed by atoms with Crippen LogP contribution in [0.4, 0.5) is 10.5 Å². The minimum Gasteiger partial charge on any atom is -0.492 e. The fourth-order valence-corrected chi connectivity index (χ4v) is 3.39. The largest absolute Gasteiger partial charge is 0.492 e. The first-order valence-electron chi connectivity index (χ1n) is 8.14. The van der Waals surface area contributed by atoms with Crippen LogP contribution in [-0.2, 0) is 4.79 Å². The van der Waals surface area contributed by atoms with Crippen LogP contribution >= 0.6 is 11.8 Å². The summed E-state index contributed by atoms with van der Waals surface area (Å²) in [6.07, 6.45) is 1.50. The van der Waals surface area contributed by atoms with E-state index in [4.69, 9.17) is 4.74 Å². The quantitative estimate of drug-likeness (QED) is 0.424. The molecule has 8 heteroatoms. The van der Waals surface area contributed by atoms with Gasteiger partial charge in [0, 0.05) is 11.6 Å². The summed E-state index contributed by atoms with van der Waals surface area (Å²) in [6, 6.07) is 13.8. The second-order valence-corrected chi connectivity index (χ2v) is 6.79. The zero-order chi connectivity index (χ0) is 19.4. The highest BCUT2D eigenvalue weighted by molar-refractivity contribution is 8.18. The Morgan fingerprint density at radius 1 is 1.19 bits per heavy atom. The van der Waals surface area contributed by atoms with Crippen LogP contribution in [0.2, 0.25) is 0 Å². The van der Waals surface area contributed by atoms with Crippen molar-refractivity contribution in [2.45, 2.75) is 6.92 Å². The van der Waals surface area contributed by atoms with Crippen molar-refractivity contribution < 1.29 is 19.2 Å². The molecule has 2 aromatic carbocycles. The zero-order valence-electron chi connectivity index (χ0n) is 14.5. The van der Waals surface area contributed by atoms with Crippen molar-refractivity contribution in [3.05, 3.63) is 74.7 Å². The molecule has 0 bridgehead atoms. The first kappa shape index (κ1) is 18.7. The average molecular weight is 384 g/mol. The van der Waals surface area contributed by atoms with E-state index in [1.54, 1.807) is 31.2 Å². The number of nitro groups is 1. The Hall–Kier alpha value is -3.13. The SMILES string of the molecule is Cc1ccc(/C=C2\SC(=O)N(CCOc3ccccc3)C2=O)cc1[N+](=O)[O-]. The molecule has 27 heavy (non-hydrogen) atoms. The van der Waals surface area contributed by atoms with Gasteiger partial charge in [-0.15, -0.1) is 0 Å². The molecule has 0 unspecified atom stereocenters. The Morgan fingerprint density at radius 2 is 1.93 bits per heavy atom. The molecule has 2 amide bonds. The molecule has 0 saturated carbocycles. The molecule has 2 aromatic rings. The lowest BCUT2D eigenvalue weighted by Crippen LogP contribution is -2.32. The molecule has 0 atom stereocenters. The topological polar surface area (TPSA) is 89.8 Å². The smallest absolute Gasteiger partial charge is 0.293 e. The van der Waals surface area contributed by atoms with Gasteiger partial charge in [-0.25, -0.2) is 0 Å². The molecule has 3 rings (SSSR count). The Labute approximate surface area is 159 Å². The summed E-state index contributed by atoms with van der Waals surface area (Å²) in [5, 5.41) is 10.7. The molecule has 1 saturated heterocycles. The van der Waals surface area contributed by atoms with E-state index >= 15 is 0 Å². The normalized spacial score (nSPS) is 15.4. The van der Waals surface area contributed by atoms with Gasteiger partial charge in [0.1, 0.15) is 12.4 Å². The molecular weight excluding hydrogens is 368 g/mol. The average Bonchev–Trinajstić information content (AvgIpc) is 2.91. The summed E-state index contributed by atoms with van der Waals surface area (Å²) in [5.74, 6) is 0.233. The number of ether oxygens (including phenoxy) is 1. The van der Waals surface area contributed by atoms with Gasteiger partial charge in [0.15, 0.2) is 0 Å². The van der Waals surface area contributed by atoms with E-state index in [9.17, 15) is 19.7 Å². The number of nitrogens with zero attached hydrogens (tertiary/aromatic N) is 2. The summed E-state index contributed by atoms with van der Waals surface area (Å²) in [6.45, 7) is 1.96. The predicted molar refractivity (Wildman–Crippen MR) is 102 cm³/mol. The van der Waals surface area contributed by atoms with Crippen molar-refractivity contribution in [3.8, 4) is 5.75 Å². The molecular formula is C19H16N2O5S. The lowest BCUT2D eigenvalue weighted by Gasteiger charge is -2.13. The molecule has 7 nitrogen and oxygen atoms in total. The first-order valence-corrected chi connectivity index (χ1v) is 8.95. The van der Waals surface area contributed by atoms with Crippen LogP contribution < -0.4 is 4.74 Å². The number of thioether (sulfide) groups is 1. The van der Waals surface area contributed by atoms with Crippen molar-refractivity contribution in [2.24, 2.45) is 0 Å². The van der Waals surface area contributed by atoms with Gasteiger partial charge in [0.2, 0.25) is 0 Å². The summed E-state index contributed by atoms with van der Waals surface area (Å²) >= 11 is 0.814. The number of imide groups is 1. The lowest BCUT2D eigenvalue weighted by molar-refractivity contribution is -0.385. The maximum absolute atomic E-state index is 12.5. The summed E-state index contributed by atoms with van der Waals surface area (Å²) in [4.78, 5) is 36.5. The second kappa shape index (κ2) is 8.05. The van der Waals surface area contributed by atoms with Gasteiger partial charge < -0.3 is 4.74 Å². The monoisotopic (exact) mass is 384 g/mol. The Balaban J connectivity index is 1.69. The highest BCUT2D eigenvalue weighted by Crippen LogP contribution is 2.32. The number of benzene rings is 2. The number of amides is 2. The van der Waals surface area contributed by atoms with Gasteiger partial charge in [-0.05, 0) is 42.5 Å². The van der Waals surface area contributed by atoms with Crippen LogP contribution in [0.1, 0.15) is 11.1 Å². The van der Waals surface area contributed by atoms with E-state index < -0.39 is 10.8 Å². The molecule has 1 fully saturated rings. The first-order chi connectivity index (χ1) is 13.0. The molecule has 0 N–H and O–H groups in total. The van der Waals surface area contributed by atoms with E-state index in [2.05, 4.69) is 0 Å². The van der Waals surface area contributed by atoms with Crippen LogP contribution in [0.5, 0.6) is 5.75 Å². The third-order valence-electron chi connectivity index (χ3n) is 3.93. The Bertz CT molecular complexity index is 927. The number of nitro benzene ring substituents is 1. The van der Waals surface area contributed by atoms with Gasteiger partial charge in [-0.2, -0.15) is 0 Å². The highest BCUT2D eigenvalue weighted by Gasteiger charge is 2.34. The van der Waals surface area contributed by atoms with Crippen LogP contribution in [-0.4, -0.2) is 34.1 Å². The third-order valence-corrected chi connectivity index (χ3v) is 4.84. The number of carbonyl (C=O) groups is 2. The molecule has 1 aliphatic rings. The minimum absolute atomic E-state index is 0.0285. The molecule has 0 spiro atoms. The number of rotatable bonds is 6. The molecule has 138 valence electrons. The summed E-state index contributed by atoms with van der Waals surface area (Å²) < 4.78 is 5.52. The van der Waals surface area contributed by atoms with Crippen molar-refractivity contribution in [2.75, 3.05) is 13.2 Å². The second-order valence-electron chi connectivity index (χ2n) is 5.80.